The van der Waals surface area contributed by atoms with Crippen molar-refractivity contribution in [3.8, 4) is 0 Å². The lowest BCUT2D eigenvalue weighted by atomic mass is 9.65. The molecule has 3 atom stereocenters. The minimum absolute atomic E-state index is 0.0989. The molecule has 3 unspecified atom stereocenters. The zero-order valence-corrected chi connectivity index (χ0v) is 12.9. The molecule has 1 saturated carbocycles. The predicted octanol–water partition coefficient (Wildman–Crippen LogP) is 5.01. The standard InChI is InChI=1S/C15H20Cl2FN/c1-3-5-19-15-7-10(9(15)4-2)11-6-14(18)13(17)8-12(11)16/h6,8-10,15,19H,3-5,7H2,1-2H3. The van der Waals surface area contributed by atoms with Crippen molar-refractivity contribution in [3.05, 3.63) is 33.6 Å². The number of halogens is 3. The van der Waals surface area contributed by atoms with Crippen LogP contribution in [0.3, 0.4) is 0 Å². The van der Waals surface area contributed by atoms with Crippen molar-refractivity contribution in [2.24, 2.45) is 5.92 Å². The largest absolute Gasteiger partial charge is 0.314 e. The van der Waals surface area contributed by atoms with Gasteiger partial charge in [-0.25, -0.2) is 4.39 Å². The lowest BCUT2D eigenvalue weighted by Crippen LogP contribution is -2.49. The molecule has 1 fully saturated rings. The molecule has 0 saturated heterocycles. The van der Waals surface area contributed by atoms with E-state index in [-0.39, 0.29) is 10.8 Å². The Morgan fingerprint density at radius 2 is 2.00 bits per heavy atom. The molecule has 0 aromatic heterocycles. The molecule has 0 aliphatic heterocycles. The number of rotatable bonds is 5. The minimum atomic E-state index is -0.374. The Morgan fingerprint density at radius 3 is 2.63 bits per heavy atom. The Kier molecular flexibility index (Phi) is 5.10. The maximum atomic E-state index is 13.6. The Balaban J connectivity index is 2.13. The molecule has 2 rings (SSSR count). The van der Waals surface area contributed by atoms with E-state index in [2.05, 4.69) is 19.2 Å². The second-order valence-electron chi connectivity index (χ2n) is 5.26. The lowest BCUT2D eigenvalue weighted by molar-refractivity contribution is 0.161. The van der Waals surface area contributed by atoms with Crippen molar-refractivity contribution in [1.29, 1.82) is 0 Å². The fourth-order valence-corrected chi connectivity index (χ4v) is 3.54. The van der Waals surface area contributed by atoms with Gasteiger partial charge in [-0.2, -0.15) is 0 Å². The van der Waals surface area contributed by atoms with Crippen molar-refractivity contribution >= 4 is 23.2 Å². The first-order chi connectivity index (χ1) is 9.08. The molecule has 1 aliphatic carbocycles. The van der Waals surface area contributed by atoms with Crippen molar-refractivity contribution in [3.63, 3.8) is 0 Å². The van der Waals surface area contributed by atoms with Crippen LogP contribution in [0.5, 0.6) is 0 Å². The van der Waals surface area contributed by atoms with Crippen LogP contribution in [0.1, 0.15) is 44.6 Å². The van der Waals surface area contributed by atoms with Gasteiger partial charge in [0.2, 0.25) is 0 Å². The van der Waals surface area contributed by atoms with Crippen LogP contribution in [-0.4, -0.2) is 12.6 Å². The van der Waals surface area contributed by atoms with E-state index < -0.39 is 0 Å². The molecule has 1 N–H and O–H groups in total. The van der Waals surface area contributed by atoms with E-state index in [1.165, 1.54) is 12.1 Å². The zero-order chi connectivity index (χ0) is 14.0. The summed E-state index contributed by atoms with van der Waals surface area (Å²) < 4.78 is 13.6. The summed E-state index contributed by atoms with van der Waals surface area (Å²) in [6.45, 7) is 5.38. The first-order valence-electron chi connectivity index (χ1n) is 6.96. The second kappa shape index (κ2) is 6.43. The summed E-state index contributed by atoms with van der Waals surface area (Å²) in [7, 11) is 0. The minimum Gasteiger partial charge on any atom is -0.314 e. The van der Waals surface area contributed by atoms with E-state index >= 15 is 0 Å². The van der Waals surface area contributed by atoms with Crippen LogP contribution in [0.4, 0.5) is 4.39 Å². The van der Waals surface area contributed by atoms with Crippen LogP contribution in [0.15, 0.2) is 12.1 Å². The quantitative estimate of drug-likeness (QED) is 0.754. The average molecular weight is 304 g/mol. The lowest BCUT2D eigenvalue weighted by Gasteiger charge is -2.46. The van der Waals surface area contributed by atoms with E-state index in [1.807, 2.05) is 0 Å². The van der Waals surface area contributed by atoms with E-state index in [0.29, 0.717) is 22.9 Å². The molecule has 4 heteroatoms. The van der Waals surface area contributed by atoms with Gasteiger partial charge in [0.1, 0.15) is 5.82 Å². The van der Waals surface area contributed by atoms with Crippen molar-refractivity contribution in [2.75, 3.05) is 6.54 Å². The van der Waals surface area contributed by atoms with Crippen LogP contribution in [0.25, 0.3) is 0 Å². The third kappa shape index (κ3) is 3.07. The number of hydrogen-bond donors (Lipinski definition) is 1. The number of nitrogens with one attached hydrogen (secondary N) is 1. The molecule has 1 aromatic rings. The van der Waals surface area contributed by atoms with Gasteiger partial charge in [-0.05, 0) is 48.9 Å². The molecule has 1 nitrogen and oxygen atoms in total. The molecule has 19 heavy (non-hydrogen) atoms. The Labute approximate surface area is 124 Å². The first kappa shape index (κ1) is 15.1. The average Bonchev–Trinajstić information content (AvgIpc) is 2.34. The number of benzene rings is 1. The fourth-order valence-electron chi connectivity index (χ4n) is 3.02. The highest BCUT2D eigenvalue weighted by atomic mass is 35.5. The summed E-state index contributed by atoms with van der Waals surface area (Å²) in [6, 6.07) is 3.56. The van der Waals surface area contributed by atoms with Crippen LogP contribution < -0.4 is 5.32 Å². The Hall–Kier alpha value is -0.310. The van der Waals surface area contributed by atoms with Crippen LogP contribution in [0.2, 0.25) is 10.0 Å². The predicted molar refractivity (Wildman–Crippen MR) is 79.6 cm³/mol. The summed E-state index contributed by atoms with van der Waals surface area (Å²) in [5, 5.41) is 4.24. The van der Waals surface area contributed by atoms with Crippen molar-refractivity contribution in [1.82, 2.24) is 5.32 Å². The summed E-state index contributed by atoms with van der Waals surface area (Å²) >= 11 is 12.0. The van der Waals surface area contributed by atoms with Gasteiger partial charge < -0.3 is 5.32 Å². The highest BCUT2D eigenvalue weighted by molar-refractivity contribution is 6.35. The molecule has 1 aliphatic rings. The first-order valence-corrected chi connectivity index (χ1v) is 7.71. The molecule has 0 amide bonds. The van der Waals surface area contributed by atoms with Gasteiger partial charge in [-0.15, -0.1) is 0 Å². The Morgan fingerprint density at radius 1 is 1.26 bits per heavy atom. The highest BCUT2D eigenvalue weighted by Gasteiger charge is 2.41. The van der Waals surface area contributed by atoms with E-state index in [4.69, 9.17) is 23.2 Å². The van der Waals surface area contributed by atoms with Crippen molar-refractivity contribution in [2.45, 2.75) is 45.1 Å². The summed E-state index contributed by atoms with van der Waals surface area (Å²) in [5.74, 6) is 0.504. The SMILES string of the molecule is CCCNC1CC(c2cc(F)c(Cl)cc2Cl)C1CC. The second-order valence-corrected chi connectivity index (χ2v) is 6.08. The highest BCUT2D eigenvalue weighted by Crippen LogP contribution is 2.47. The van der Waals surface area contributed by atoms with Gasteiger partial charge in [0.15, 0.2) is 0 Å². The zero-order valence-electron chi connectivity index (χ0n) is 11.3. The van der Waals surface area contributed by atoms with Gasteiger partial charge >= 0.3 is 0 Å². The molecule has 0 bridgehead atoms. The maximum absolute atomic E-state index is 13.6. The fraction of sp³-hybridized carbons (Fsp3) is 0.600. The van der Waals surface area contributed by atoms with E-state index in [0.717, 1.165) is 31.4 Å². The summed E-state index contributed by atoms with van der Waals surface area (Å²) in [6.07, 6.45) is 3.24. The van der Waals surface area contributed by atoms with Crippen molar-refractivity contribution < 1.29 is 4.39 Å². The molecular weight excluding hydrogens is 284 g/mol. The molecule has 0 heterocycles. The smallest absolute Gasteiger partial charge is 0.142 e. The van der Waals surface area contributed by atoms with Gasteiger partial charge in [0.05, 0.1) is 5.02 Å². The maximum Gasteiger partial charge on any atom is 0.142 e. The molecule has 0 radical (unpaired) electrons. The van der Waals surface area contributed by atoms with Gasteiger partial charge in [0, 0.05) is 11.1 Å². The van der Waals surface area contributed by atoms with Gasteiger partial charge in [-0.1, -0.05) is 43.5 Å². The Bertz CT molecular complexity index is 450. The van der Waals surface area contributed by atoms with Crippen LogP contribution in [0, 0.1) is 11.7 Å². The van der Waals surface area contributed by atoms with Crippen LogP contribution in [-0.2, 0) is 0 Å². The van der Waals surface area contributed by atoms with Gasteiger partial charge in [-0.3, -0.25) is 0 Å². The molecule has 1 aromatic carbocycles. The summed E-state index contributed by atoms with van der Waals surface area (Å²) in [4.78, 5) is 0. The number of hydrogen-bond acceptors (Lipinski definition) is 1. The molecular formula is C15H20Cl2FN. The van der Waals surface area contributed by atoms with Crippen LogP contribution >= 0.6 is 23.2 Å². The third-order valence-electron chi connectivity index (χ3n) is 4.11. The normalized spacial score (nSPS) is 26.3. The monoisotopic (exact) mass is 303 g/mol. The molecule has 0 spiro atoms. The van der Waals surface area contributed by atoms with Gasteiger partial charge in [0.25, 0.3) is 0 Å². The third-order valence-corrected chi connectivity index (χ3v) is 4.73. The molecule has 106 valence electrons. The van der Waals surface area contributed by atoms with E-state index in [1.54, 1.807) is 0 Å². The topological polar surface area (TPSA) is 12.0 Å². The summed E-state index contributed by atoms with van der Waals surface area (Å²) in [5.41, 5.74) is 0.907. The van der Waals surface area contributed by atoms with E-state index in [9.17, 15) is 4.39 Å².